The molecule has 3 aliphatic rings. The van der Waals surface area contributed by atoms with Crippen molar-refractivity contribution in [3.8, 4) is 5.75 Å². The maximum absolute atomic E-state index is 13.0. The molecule has 0 unspecified atom stereocenters. The summed E-state index contributed by atoms with van der Waals surface area (Å²) in [5.41, 5.74) is 0.213. The number of anilines is 1. The van der Waals surface area contributed by atoms with E-state index < -0.39 is 15.9 Å². The van der Waals surface area contributed by atoms with Gasteiger partial charge in [0, 0.05) is 26.1 Å². The maximum Gasteiger partial charge on any atom is 0.243 e. The molecule has 1 aromatic rings. The van der Waals surface area contributed by atoms with Crippen molar-refractivity contribution >= 4 is 33.4 Å². The highest BCUT2D eigenvalue weighted by molar-refractivity contribution is 7.89. The van der Waals surface area contributed by atoms with Gasteiger partial charge in [-0.1, -0.05) is 12.8 Å². The SMILES string of the molecule is COc1ccc(S(=O)(=O)N2CCOCC2)cc1NC(=O)CCN1C(=O)[C@H]2CCCC[C@H]2C1=O. The number of nitrogens with one attached hydrogen (secondary N) is 1. The van der Waals surface area contributed by atoms with E-state index in [-0.39, 0.29) is 60.3 Å². The number of imide groups is 1. The van der Waals surface area contributed by atoms with E-state index >= 15 is 0 Å². The van der Waals surface area contributed by atoms with Gasteiger partial charge in [-0.3, -0.25) is 19.3 Å². The summed E-state index contributed by atoms with van der Waals surface area (Å²) in [5.74, 6) is -1.01. The maximum atomic E-state index is 13.0. The molecule has 11 heteroatoms. The van der Waals surface area contributed by atoms with Gasteiger partial charge in [0.1, 0.15) is 5.75 Å². The summed E-state index contributed by atoms with van der Waals surface area (Å²) in [7, 11) is -2.33. The molecule has 1 aliphatic carbocycles. The first kappa shape index (κ1) is 23.7. The Morgan fingerprint density at radius 1 is 1.12 bits per heavy atom. The lowest BCUT2D eigenvalue weighted by molar-refractivity contribution is -0.140. The van der Waals surface area contributed by atoms with Gasteiger partial charge in [-0.2, -0.15) is 4.31 Å². The number of benzene rings is 1. The molecule has 180 valence electrons. The summed E-state index contributed by atoms with van der Waals surface area (Å²) in [5, 5.41) is 2.67. The Kier molecular flexibility index (Phi) is 7.01. The number of carbonyl (C=O) groups excluding carboxylic acids is 3. The van der Waals surface area contributed by atoms with E-state index in [1.807, 2.05) is 0 Å². The summed E-state index contributed by atoms with van der Waals surface area (Å²) in [6.07, 6.45) is 3.25. The highest BCUT2D eigenvalue weighted by atomic mass is 32.2. The van der Waals surface area contributed by atoms with Crippen LogP contribution in [-0.2, 0) is 29.1 Å². The second-order valence-corrected chi connectivity index (χ2v) is 10.4. The molecule has 0 bridgehead atoms. The second-order valence-electron chi connectivity index (χ2n) is 8.50. The van der Waals surface area contributed by atoms with Crippen LogP contribution in [0.2, 0.25) is 0 Å². The van der Waals surface area contributed by atoms with Gasteiger partial charge in [-0.05, 0) is 31.0 Å². The van der Waals surface area contributed by atoms with Crippen molar-refractivity contribution in [3.05, 3.63) is 18.2 Å². The Balaban J connectivity index is 1.43. The van der Waals surface area contributed by atoms with Gasteiger partial charge in [-0.25, -0.2) is 8.42 Å². The molecule has 2 aliphatic heterocycles. The van der Waals surface area contributed by atoms with Crippen LogP contribution in [0.15, 0.2) is 23.1 Å². The average molecular weight is 480 g/mol. The van der Waals surface area contributed by atoms with Crippen LogP contribution in [0.5, 0.6) is 5.75 Å². The molecule has 0 aromatic heterocycles. The largest absolute Gasteiger partial charge is 0.495 e. The zero-order valence-corrected chi connectivity index (χ0v) is 19.4. The van der Waals surface area contributed by atoms with Crippen LogP contribution in [0.3, 0.4) is 0 Å². The minimum Gasteiger partial charge on any atom is -0.495 e. The fourth-order valence-corrected chi connectivity index (χ4v) is 6.19. The van der Waals surface area contributed by atoms with Crippen molar-refractivity contribution in [2.75, 3.05) is 45.3 Å². The third kappa shape index (κ3) is 4.75. The number of carbonyl (C=O) groups is 3. The summed E-state index contributed by atoms with van der Waals surface area (Å²) >= 11 is 0. The molecule has 1 aromatic carbocycles. The van der Waals surface area contributed by atoms with Crippen LogP contribution in [0, 0.1) is 11.8 Å². The summed E-state index contributed by atoms with van der Waals surface area (Å²) in [4.78, 5) is 39.1. The Morgan fingerprint density at radius 3 is 2.36 bits per heavy atom. The molecular weight excluding hydrogens is 450 g/mol. The van der Waals surface area contributed by atoms with E-state index in [0.717, 1.165) is 25.7 Å². The number of sulfonamides is 1. The van der Waals surface area contributed by atoms with Crippen LogP contribution in [0.25, 0.3) is 0 Å². The van der Waals surface area contributed by atoms with Crippen molar-refractivity contribution in [3.63, 3.8) is 0 Å². The number of amides is 3. The standard InChI is InChI=1S/C22H29N3O7S/c1-31-19-7-6-15(33(29,30)24-10-12-32-13-11-24)14-18(19)23-20(26)8-9-25-21(27)16-4-2-3-5-17(16)22(25)28/h6-7,14,16-17H,2-5,8-13H2,1H3,(H,23,26)/t16-,17+. The van der Waals surface area contributed by atoms with Crippen molar-refractivity contribution in [2.45, 2.75) is 37.0 Å². The third-order valence-corrected chi connectivity index (χ3v) is 8.44. The first-order valence-electron chi connectivity index (χ1n) is 11.2. The summed E-state index contributed by atoms with van der Waals surface area (Å²) < 4.78 is 37.7. The van der Waals surface area contributed by atoms with E-state index in [1.54, 1.807) is 0 Å². The number of fused-ring (bicyclic) bond motifs is 1. The minimum absolute atomic E-state index is 0.00455. The van der Waals surface area contributed by atoms with Gasteiger partial charge in [0.25, 0.3) is 0 Å². The first-order valence-corrected chi connectivity index (χ1v) is 12.7. The van der Waals surface area contributed by atoms with Crippen molar-refractivity contribution < 1.29 is 32.3 Å². The Labute approximate surface area is 193 Å². The van der Waals surface area contributed by atoms with Crippen LogP contribution < -0.4 is 10.1 Å². The van der Waals surface area contributed by atoms with Crippen LogP contribution in [-0.4, -0.2) is 75.3 Å². The molecule has 4 rings (SSSR count). The van der Waals surface area contributed by atoms with Crippen molar-refractivity contribution in [1.29, 1.82) is 0 Å². The smallest absolute Gasteiger partial charge is 0.243 e. The highest BCUT2D eigenvalue weighted by Crippen LogP contribution is 2.38. The normalized spacial score (nSPS) is 24.0. The number of rotatable bonds is 7. The van der Waals surface area contributed by atoms with Crippen LogP contribution in [0.1, 0.15) is 32.1 Å². The molecule has 1 saturated carbocycles. The van der Waals surface area contributed by atoms with Crippen molar-refractivity contribution in [1.82, 2.24) is 9.21 Å². The van der Waals surface area contributed by atoms with Gasteiger partial charge >= 0.3 is 0 Å². The van der Waals surface area contributed by atoms with Gasteiger partial charge in [0.15, 0.2) is 0 Å². The molecule has 2 saturated heterocycles. The average Bonchev–Trinajstić information content (AvgIpc) is 3.08. The Morgan fingerprint density at radius 2 is 1.76 bits per heavy atom. The number of likely N-dealkylation sites (tertiary alicyclic amines) is 1. The zero-order chi connectivity index (χ0) is 23.6. The van der Waals surface area contributed by atoms with Gasteiger partial charge in [-0.15, -0.1) is 0 Å². The molecule has 2 atom stereocenters. The molecule has 1 N–H and O–H groups in total. The van der Waals surface area contributed by atoms with Crippen molar-refractivity contribution in [2.24, 2.45) is 11.8 Å². The van der Waals surface area contributed by atoms with Crippen LogP contribution in [0.4, 0.5) is 5.69 Å². The molecule has 3 amide bonds. The molecule has 3 fully saturated rings. The lowest BCUT2D eigenvalue weighted by Crippen LogP contribution is -2.40. The number of hydrogen-bond donors (Lipinski definition) is 1. The fourth-order valence-electron chi connectivity index (χ4n) is 4.76. The van der Waals surface area contributed by atoms with E-state index in [4.69, 9.17) is 9.47 Å². The quantitative estimate of drug-likeness (QED) is 0.584. The molecular formula is C22H29N3O7S. The lowest BCUT2D eigenvalue weighted by atomic mass is 9.81. The molecule has 0 spiro atoms. The van der Waals surface area contributed by atoms with E-state index in [9.17, 15) is 22.8 Å². The van der Waals surface area contributed by atoms with Crippen LogP contribution >= 0.6 is 0 Å². The Hall–Kier alpha value is -2.50. The number of methoxy groups -OCH3 is 1. The predicted molar refractivity (Wildman–Crippen MR) is 118 cm³/mol. The predicted octanol–water partition coefficient (Wildman–Crippen LogP) is 1.22. The number of ether oxygens (including phenoxy) is 2. The lowest BCUT2D eigenvalue weighted by Gasteiger charge is -2.26. The topological polar surface area (TPSA) is 122 Å². The van der Waals surface area contributed by atoms with Gasteiger partial charge in [0.2, 0.25) is 27.7 Å². The first-order chi connectivity index (χ1) is 15.8. The number of hydrogen-bond acceptors (Lipinski definition) is 7. The fraction of sp³-hybridized carbons (Fsp3) is 0.591. The summed E-state index contributed by atoms with van der Waals surface area (Å²) in [6, 6.07) is 4.28. The van der Waals surface area contributed by atoms with E-state index in [2.05, 4.69) is 5.32 Å². The van der Waals surface area contributed by atoms with Gasteiger partial charge in [0.05, 0.1) is 42.7 Å². The minimum atomic E-state index is -3.75. The molecule has 2 heterocycles. The highest BCUT2D eigenvalue weighted by Gasteiger charge is 2.47. The number of morpholine rings is 1. The van der Waals surface area contributed by atoms with E-state index in [1.165, 1.54) is 34.5 Å². The second kappa shape index (κ2) is 9.78. The van der Waals surface area contributed by atoms with Gasteiger partial charge < -0.3 is 14.8 Å². The summed E-state index contributed by atoms with van der Waals surface area (Å²) in [6.45, 7) is 1.18. The third-order valence-electron chi connectivity index (χ3n) is 6.55. The van der Waals surface area contributed by atoms with E-state index in [0.29, 0.717) is 19.0 Å². The number of nitrogens with zero attached hydrogens (tertiary/aromatic N) is 2. The Bertz CT molecular complexity index is 1010. The molecule has 33 heavy (non-hydrogen) atoms. The molecule has 10 nitrogen and oxygen atoms in total. The molecule has 0 radical (unpaired) electrons. The monoisotopic (exact) mass is 479 g/mol. The zero-order valence-electron chi connectivity index (χ0n) is 18.6.